The molecule has 1 atom stereocenters. The van der Waals surface area contributed by atoms with E-state index in [1.807, 2.05) is 31.4 Å². The third-order valence-corrected chi connectivity index (χ3v) is 5.26. The number of carbonyl (C=O) groups is 4. The summed E-state index contributed by atoms with van der Waals surface area (Å²) in [7, 11) is 0. The number of amides is 5. The fourth-order valence-electron chi connectivity index (χ4n) is 3.00. The van der Waals surface area contributed by atoms with Crippen molar-refractivity contribution in [2.75, 3.05) is 13.1 Å². The molecule has 0 saturated carbocycles. The Bertz CT molecular complexity index is 928. The van der Waals surface area contributed by atoms with Crippen LogP contribution in [0.3, 0.4) is 0 Å². The summed E-state index contributed by atoms with van der Waals surface area (Å²) in [5.41, 5.74) is 0.652. The van der Waals surface area contributed by atoms with Gasteiger partial charge < -0.3 is 5.32 Å². The van der Waals surface area contributed by atoms with Crippen molar-refractivity contribution >= 4 is 35.1 Å². The summed E-state index contributed by atoms with van der Waals surface area (Å²) in [5.74, 6) is -2.95. The van der Waals surface area contributed by atoms with Crippen LogP contribution in [0.1, 0.15) is 30.3 Å². The van der Waals surface area contributed by atoms with Crippen molar-refractivity contribution in [2.24, 2.45) is 5.92 Å². The molecule has 1 aromatic carbocycles. The molecule has 0 radical (unpaired) electrons. The lowest BCUT2D eigenvalue weighted by molar-refractivity contribution is -0.144. The Balaban J connectivity index is 1.75. The molecule has 29 heavy (non-hydrogen) atoms. The lowest BCUT2D eigenvalue weighted by Gasteiger charge is -2.20. The number of rotatable bonds is 7. The van der Waals surface area contributed by atoms with Crippen molar-refractivity contribution in [3.63, 3.8) is 0 Å². The molecule has 7 nitrogen and oxygen atoms in total. The average Bonchev–Trinajstić information content (AvgIpc) is 3.27. The molecular formula is C20H20FN3O4S. The molecule has 2 aromatic rings. The van der Waals surface area contributed by atoms with Crippen LogP contribution < -0.4 is 5.32 Å². The van der Waals surface area contributed by atoms with Gasteiger partial charge in [0.2, 0.25) is 5.91 Å². The number of hydrogen-bond acceptors (Lipinski definition) is 5. The summed E-state index contributed by atoms with van der Waals surface area (Å²) in [6.07, 6.45) is 0. The Morgan fingerprint density at radius 2 is 1.72 bits per heavy atom. The molecule has 2 heterocycles. The smallest absolute Gasteiger partial charge is 0.334 e. The Morgan fingerprint density at radius 1 is 1.07 bits per heavy atom. The quantitative estimate of drug-likeness (QED) is 0.554. The molecule has 0 spiro atoms. The summed E-state index contributed by atoms with van der Waals surface area (Å²) in [6, 6.07) is 7.96. The van der Waals surface area contributed by atoms with Crippen molar-refractivity contribution in [3.05, 3.63) is 58.0 Å². The van der Waals surface area contributed by atoms with Crippen LogP contribution in [-0.2, 0) is 14.4 Å². The second-order valence-electron chi connectivity index (χ2n) is 7.05. The number of thiophene rings is 1. The Hall–Kier alpha value is -3.07. The summed E-state index contributed by atoms with van der Waals surface area (Å²) >= 11 is 1.41. The number of halogens is 1. The Labute approximate surface area is 171 Å². The first-order chi connectivity index (χ1) is 13.8. The normalized spacial score (nSPS) is 15.4. The second kappa shape index (κ2) is 8.52. The molecular weight excluding hydrogens is 397 g/mol. The van der Waals surface area contributed by atoms with Gasteiger partial charge in [0.05, 0.1) is 6.04 Å². The largest absolute Gasteiger partial charge is 0.343 e. The summed E-state index contributed by atoms with van der Waals surface area (Å²) in [5, 5.41) is 4.61. The van der Waals surface area contributed by atoms with E-state index in [9.17, 15) is 23.6 Å². The molecule has 152 valence electrons. The van der Waals surface area contributed by atoms with E-state index in [4.69, 9.17) is 0 Å². The van der Waals surface area contributed by atoms with E-state index in [2.05, 4.69) is 5.32 Å². The first kappa shape index (κ1) is 20.7. The summed E-state index contributed by atoms with van der Waals surface area (Å²) in [4.78, 5) is 51.6. The molecule has 0 bridgehead atoms. The van der Waals surface area contributed by atoms with Gasteiger partial charge in [0.1, 0.15) is 12.4 Å². The van der Waals surface area contributed by atoms with E-state index >= 15 is 0 Å². The van der Waals surface area contributed by atoms with Gasteiger partial charge in [-0.05, 0) is 35.1 Å². The molecule has 9 heteroatoms. The average molecular weight is 417 g/mol. The minimum atomic E-state index is -1.01. The minimum Gasteiger partial charge on any atom is -0.343 e. The van der Waals surface area contributed by atoms with Gasteiger partial charge >= 0.3 is 17.8 Å². The highest BCUT2D eigenvalue weighted by molar-refractivity contribution is 7.10. The van der Waals surface area contributed by atoms with E-state index in [1.54, 1.807) is 12.1 Å². The van der Waals surface area contributed by atoms with Crippen molar-refractivity contribution < 1.29 is 23.6 Å². The number of urea groups is 1. The van der Waals surface area contributed by atoms with Crippen LogP contribution in [0.4, 0.5) is 9.18 Å². The van der Waals surface area contributed by atoms with E-state index < -0.39 is 42.2 Å². The highest BCUT2D eigenvalue weighted by Crippen LogP contribution is 2.26. The maximum absolute atomic E-state index is 13.3. The Morgan fingerprint density at radius 3 is 2.31 bits per heavy atom. The van der Waals surface area contributed by atoms with Gasteiger partial charge in [-0.15, -0.1) is 11.3 Å². The summed E-state index contributed by atoms with van der Waals surface area (Å²) in [6.45, 7) is 3.17. The van der Waals surface area contributed by atoms with Crippen molar-refractivity contribution in [3.8, 4) is 0 Å². The second-order valence-corrected chi connectivity index (χ2v) is 8.03. The zero-order chi connectivity index (χ0) is 21.1. The zero-order valence-corrected chi connectivity index (χ0v) is 16.7. The minimum absolute atomic E-state index is 0.00818. The fourth-order valence-corrected chi connectivity index (χ4v) is 3.80. The van der Waals surface area contributed by atoms with Crippen molar-refractivity contribution in [2.45, 2.75) is 19.9 Å². The number of nitrogens with one attached hydrogen (secondary N) is 1. The fraction of sp³-hybridized carbons (Fsp3) is 0.300. The number of hydrogen-bond donors (Lipinski definition) is 1. The standard InChI is InChI=1S/C20H20FN3O4S/c1-12(2)10-23-18(26)19(27)24(20(23)28)11-16(25)22-17(15-4-3-9-29-15)13-5-7-14(21)8-6-13/h3-9,12,17H,10-11H2,1-2H3,(H,22,25)/t17-/m0/s1. The first-order valence-corrected chi connectivity index (χ1v) is 9.91. The molecule has 1 aromatic heterocycles. The number of benzene rings is 1. The maximum atomic E-state index is 13.3. The Kier molecular flexibility index (Phi) is 6.07. The van der Waals surface area contributed by atoms with E-state index in [1.165, 1.54) is 23.5 Å². The number of nitrogens with zero attached hydrogens (tertiary/aromatic N) is 2. The highest BCUT2D eigenvalue weighted by atomic mass is 32.1. The lowest BCUT2D eigenvalue weighted by Crippen LogP contribution is -2.42. The van der Waals surface area contributed by atoms with E-state index in [0.717, 1.165) is 9.78 Å². The molecule has 1 N–H and O–H groups in total. The van der Waals surface area contributed by atoms with Gasteiger partial charge in [0.15, 0.2) is 0 Å². The molecule has 1 saturated heterocycles. The van der Waals surface area contributed by atoms with Crippen LogP contribution in [0.25, 0.3) is 0 Å². The van der Waals surface area contributed by atoms with Crippen LogP contribution in [0.5, 0.6) is 0 Å². The lowest BCUT2D eigenvalue weighted by atomic mass is 10.1. The molecule has 1 fully saturated rings. The van der Waals surface area contributed by atoms with Gasteiger partial charge in [0, 0.05) is 11.4 Å². The third kappa shape index (κ3) is 4.51. The van der Waals surface area contributed by atoms with Crippen LogP contribution in [-0.4, -0.2) is 46.6 Å². The van der Waals surface area contributed by atoms with Crippen molar-refractivity contribution in [1.29, 1.82) is 0 Å². The molecule has 5 amide bonds. The molecule has 3 rings (SSSR count). The van der Waals surface area contributed by atoms with Crippen LogP contribution >= 0.6 is 11.3 Å². The predicted octanol–water partition coefficient (Wildman–Crippen LogP) is 2.54. The third-order valence-electron chi connectivity index (χ3n) is 4.32. The van der Waals surface area contributed by atoms with E-state index in [-0.39, 0.29) is 12.5 Å². The van der Waals surface area contributed by atoms with Gasteiger partial charge in [-0.1, -0.05) is 32.0 Å². The maximum Gasteiger partial charge on any atom is 0.334 e. The van der Waals surface area contributed by atoms with Gasteiger partial charge in [-0.25, -0.2) is 14.1 Å². The number of imide groups is 2. The monoisotopic (exact) mass is 417 g/mol. The van der Waals surface area contributed by atoms with Crippen LogP contribution in [0, 0.1) is 11.7 Å². The molecule has 1 aliphatic rings. The van der Waals surface area contributed by atoms with E-state index in [0.29, 0.717) is 10.5 Å². The molecule has 0 aliphatic carbocycles. The first-order valence-electron chi connectivity index (χ1n) is 9.03. The molecule has 1 aliphatic heterocycles. The summed E-state index contributed by atoms with van der Waals surface area (Å²) < 4.78 is 13.3. The van der Waals surface area contributed by atoms with Crippen molar-refractivity contribution in [1.82, 2.24) is 15.1 Å². The van der Waals surface area contributed by atoms with Crippen LogP contribution in [0.2, 0.25) is 0 Å². The number of carbonyl (C=O) groups excluding carboxylic acids is 4. The van der Waals surface area contributed by atoms with Gasteiger partial charge in [-0.2, -0.15) is 0 Å². The predicted molar refractivity (Wildman–Crippen MR) is 104 cm³/mol. The van der Waals surface area contributed by atoms with Crippen LogP contribution in [0.15, 0.2) is 41.8 Å². The zero-order valence-electron chi connectivity index (χ0n) is 15.9. The highest BCUT2D eigenvalue weighted by Gasteiger charge is 2.45. The topological polar surface area (TPSA) is 86.8 Å². The SMILES string of the molecule is CC(C)CN1C(=O)C(=O)N(CC(=O)N[C@@H](c2ccc(F)cc2)c2cccs2)C1=O. The van der Waals surface area contributed by atoms with Gasteiger partial charge in [-0.3, -0.25) is 19.3 Å². The molecule has 0 unspecified atom stereocenters. The van der Waals surface area contributed by atoms with Gasteiger partial charge in [0.25, 0.3) is 0 Å².